The summed E-state index contributed by atoms with van der Waals surface area (Å²) in [6.07, 6.45) is 1.73. The molecule has 0 saturated carbocycles. The van der Waals surface area contributed by atoms with Crippen molar-refractivity contribution in [2.45, 2.75) is 11.3 Å². The molecule has 10 heteroatoms. The van der Waals surface area contributed by atoms with Gasteiger partial charge in [-0.05, 0) is 36.2 Å². The van der Waals surface area contributed by atoms with E-state index in [9.17, 15) is 16.8 Å². The molecule has 2 aliphatic rings. The third-order valence-electron chi connectivity index (χ3n) is 4.41. The van der Waals surface area contributed by atoms with Gasteiger partial charge in [-0.2, -0.15) is 0 Å². The number of hydrogen-bond donors (Lipinski definition) is 1. The van der Waals surface area contributed by atoms with E-state index < -0.39 is 20.0 Å². The summed E-state index contributed by atoms with van der Waals surface area (Å²) in [5, 5.41) is 0. The van der Waals surface area contributed by atoms with Crippen LogP contribution in [0.2, 0.25) is 0 Å². The van der Waals surface area contributed by atoms with Crippen LogP contribution in [-0.4, -0.2) is 42.8 Å². The fourth-order valence-corrected chi connectivity index (χ4v) is 5.18. The Morgan fingerprint density at radius 1 is 0.963 bits per heavy atom. The van der Waals surface area contributed by atoms with Crippen LogP contribution < -0.4 is 18.5 Å². The normalized spacial score (nSPS) is 16.1. The SMILES string of the molecule is CS(=O)(=O)N1CCc2ccc(NS(=O)(=O)c3ccc4c(c3)OCCO4)cc21. The monoisotopic (exact) mass is 410 g/mol. The van der Waals surface area contributed by atoms with Crippen molar-refractivity contribution in [3.8, 4) is 11.5 Å². The van der Waals surface area contributed by atoms with Crippen molar-refractivity contribution >= 4 is 31.4 Å². The lowest BCUT2D eigenvalue weighted by Crippen LogP contribution is -2.27. The summed E-state index contributed by atoms with van der Waals surface area (Å²) >= 11 is 0. The van der Waals surface area contributed by atoms with Gasteiger partial charge in [-0.1, -0.05) is 6.07 Å². The number of anilines is 2. The molecule has 0 aromatic heterocycles. The Morgan fingerprint density at radius 3 is 2.44 bits per heavy atom. The predicted octanol–water partition coefficient (Wildman–Crippen LogP) is 1.58. The van der Waals surface area contributed by atoms with Crippen LogP contribution in [0.1, 0.15) is 5.56 Å². The van der Waals surface area contributed by atoms with Gasteiger partial charge in [0, 0.05) is 12.6 Å². The molecule has 0 bridgehead atoms. The van der Waals surface area contributed by atoms with Crippen molar-refractivity contribution < 1.29 is 26.3 Å². The van der Waals surface area contributed by atoms with Crippen molar-refractivity contribution in [1.29, 1.82) is 0 Å². The molecule has 2 aromatic carbocycles. The Bertz CT molecular complexity index is 1110. The topological polar surface area (TPSA) is 102 Å². The smallest absolute Gasteiger partial charge is 0.262 e. The molecular weight excluding hydrogens is 392 g/mol. The second-order valence-corrected chi connectivity index (χ2v) is 9.93. The molecule has 0 radical (unpaired) electrons. The van der Waals surface area contributed by atoms with Crippen molar-refractivity contribution in [1.82, 2.24) is 0 Å². The third kappa shape index (κ3) is 3.42. The summed E-state index contributed by atoms with van der Waals surface area (Å²) in [6, 6.07) is 9.30. The molecule has 2 aliphatic heterocycles. The first kappa shape index (κ1) is 17.9. The standard InChI is InChI=1S/C17H18N2O6S2/c1-26(20,21)19-7-6-12-2-3-13(10-15(12)19)18-27(22,23)14-4-5-16-17(11-14)25-9-8-24-16/h2-5,10-11,18H,6-9H2,1H3. The molecule has 0 saturated heterocycles. The summed E-state index contributed by atoms with van der Waals surface area (Å²) in [5.74, 6) is 0.878. The zero-order valence-electron chi connectivity index (χ0n) is 14.5. The fraction of sp³-hybridized carbons (Fsp3) is 0.294. The van der Waals surface area contributed by atoms with Crippen LogP contribution in [0.4, 0.5) is 11.4 Å². The van der Waals surface area contributed by atoms with Gasteiger partial charge in [0.15, 0.2) is 11.5 Å². The molecule has 0 unspecified atom stereocenters. The molecule has 2 heterocycles. The largest absolute Gasteiger partial charge is 0.486 e. The summed E-state index contributed by atoms with van der Waals surface area (Å²) < 4.78 is 63.9. The van der Waals surface area contributed by atoms with Crippen LogP contribution in [0.15, 0.2) is 41.3 Å². The van der Waals surface area contributed by atoms with Gasteiger partial charge in [0.05, 0.1) is 22.5 Å². The van der Waals surface area contributed by atoms with E-state index in [1.807, 2.05) is 0 Å². The minimum atomic E-state index is -3.87. The first-order chi connectivity index (χ1) is 12.7. The van der Waals surface area contributed by atoms with Crippen molar-refractivity contribution in [3.63, 3.8) is 0 Å². The molecule has 0 atom stereocenters. The number of ether oxygens (including phenoxy) is 2. The summed E-state index contributed by atoms with van der Waals surface area (Å²) in [6.45, 7) is 1.13. The maximum Gasteiger partial charge on any atom is 0.262 e. The number of fused-ring (bicyclic) bond motifs is 2. The van der Waals surface area contributed by atoms with Gasteiger partial charge in [-0.25, -0.2) is 16.8 Å². The van der Waals surface area contributed by atoms with Gasteiger partial charge >= 0.3 is 0 Å². The van der Waals surface area contributed by atoms with Gasteiger partial charge < -0.3 is 9.47 Å². The van der Waals surface area contributed by atoms with Crippen LogP contribution in [0.25, 0.3) is 0 Å². The van der Waals surface area contributed by atoms with Crippen molar-refractivity contribution in [2.24, 2.45) is 0 Å². The number of hydrogen-bond acceptors (Lipinski definition) is 6. The second-order valence-electron chi connectivity index (χ2n) is 6.34. The van der Waals surface area contributed by atoms with Gasteiger partial charge in [-0.15, -0.1) is 0 Å². The molecule has 0 amide bonds. The van der Waals surface area contributed by atoms with Gasteiger partial charge in [0.2, 0.25) is 10.0 Å². The van der Waals surface area contributed by atoms with E-state index in [-0.39, 0.29) is 4.90 Å². The molecule has 144 valence electrons. The Labute approximate surface area is 157 Å². The van der Waals surface area contributed by atoms with E-state index in [2.05, 4.69) is 4.72 Å². The van der Waals surface area contributed by atoms with E-state index in [1.165, 1.54) is 16.4 Å². The Hall–Kier alpha value is -2.46. The number of nitrogens with zero attached hydrogens (tertiary/aromatic N) is 1. The zero-order chi connectivity index (χ0) is 19.2. The van der Waals surface area contributed by atoms with Gasteiger partial charge in [0.1, 0.15) is 13.2 Å². The van der Waals surface area contributed by atoms with Crippen LogP contribution in [0.3, 0.4) is 0 Å². The quantitative estimate of drug-likeness (QED) is 0.821. The van der Waals surface area contributed by atoms with E-state index in [4.69, 9.17) is 9.47 Å². The Kier molecular flexibility index (Phi) is 4.19. The van der Waals surface area contributed by atoms with Crippen LogP contribution in [0.5, 0.6) is 11.5 Å². The lowest BCUT2D eigenvalue weighted by atomic mass is 10.1. The lowest BCUT2D eigenvalue weighted by molar-refractivity contribution is 0.171. The first-order valence-electron chi connectivity index (χ1n) is 8.27. The highest BCUT2D eigenvalue weighted by Gasteiger charge is 2.27. The number of rotatable bonds is 4. The Balaban J connectivity index is 1.64. The van der Waals surface area contributed by atoms with Gasteiger partial charge in [-0.3, -0.25) is 9.03 Å². The third-order valence-corrected chi connectivity index (χ3v) is 6.97. The molecule has 8 nitrogen and oxygen atoms in total. The highest BCUT2D eigenvalue weighted by atomic mass is 32.2. The maximum atomic E-state index is 12.7. The molecule has 4 rings (SSSR count). The average molecular weight is 410 g/mol. The summed E-state index contributed by atoms with van der Waals surface area (Å²) in [5.41, 5.74) is 1.65. The molecule has 2 aromatic rings. The van der Waals surface area contributed by atoms with Crippen molar-refractivity contribution in [2.75, 3.05) is 35.0 Å². The van der Waals surface area contributed by atoms with E-state index in [1.54, 1.807) is 24.3 Å². The minimum Gasteiger partial charge on any atom is -0.486 e. The van der Waals surface area contributed by atoms with Crippen molar-refractivity contribution in [3.05, 3.63) is 42.0 Å². The van der Waals surface area contributed by atoms with E-state index in [0.29, 0.717) is 49.1 Å². The zero-order valence-corrected chi connectivity index (χ0v) is 16.1. The predicted molar refractivity (Wildman–Crippen MR) is 101 cm³/mol. The molecule has 0 fully saturated rings. The summed E-state index contributed by atoms with van der Waals surface area (Å²) in [7, 11) is -7.28. The molecule has 1 N–H and O–H groups in total. The number of sulfonamides is 2. The van der Waals surface area contributed by atoms with Crippen LogP contribution in [-0.2, 0) is 26.5 Å². The van der Waals surface area contributed by atoms with Crippen LogP contribution >= 0.6 is 0 Å². The number of nitrogens with one attached hydrogen (secondary N) is 1. The lowest BCUT2D eigenvalue weighted by Gasteiger charge is -2.19. The second kappa shape index (κ2) is 6.31. The highest BCUT2D eigenvalue weighted by molar-refractivity contribution is 7.92. The number of benzene rings is 2. The first-order valence-corrected chi connectivity index (χ1v) is 11.6. The van der Waals surface area contributed by atoms with E-state index in [0.717, 1.165) is 11.8 Å². The van der Waals surface area contributed by atoms with Crippen LogP contribution in [0, 0.1) is 0 Å². The highest BCUT2D eigenvalue weighted by Crippen LogP contribution is 2.35. The fourth-order valence-electron chi connectivity index (χ4n) is 3.16. The Morgan fingerprint density at radius 2 is 1.70 bits per heavy atom. The van der Waals surface area contributed by atoms with E-state index >= 15 is 0 Å². The maximum absolute atomic E-state index is 12.7. The minimum absolute atomic E-state index is 0.0345. The summed E-state index contributed by atoms with van der Waals surface area (Å²) in [4.78, 5) is 0.0345. The molecule has 27 heavy (non-hydrogen) atoms. The van der Waals surface area contributed by atoms with Gasteiger partial charge in [0.25, 0.3) is 10.0 Å². The molecule has 0 aliphatic carbocycles. The molecular formula is C17H18N2O6S2. The molecule has 0 spiro atoms. The average Bonchev–Trinajstić information content (AvgIpc) is 3.04.